The van der Waals surface area contributed by atoms with E-state index in [1.54, 1.807) is 4.57 Å². The van der Waals surface area contributed by atoms with E-state index in [0.717, 1.165) is 16.6 Å². The fraction of sp³-hybridized carbons (Fsp3) is 0.500. The zero-order chi connectivity index (χ0) is 26.0. The molecule has 4 rings (SSSR count). The van der Waals surface area contributed by atoms with E-state index in [-0.39, 0.29) is 5.41 Å². The summed E-state index contributed by atoms with van der Waals surface area (Å²) in [5, 5.41) is 0. The summed E-state index contributed by atoms with van der Waals surface area (Å²) in [6, 6.07) is 14.0. The Kier molecular flexibility index (Phi) is 5.97. The number of fused-ring (bicyclic) bond motifs is 1. The first kappa shape index (κ1) is 25.5. The third-order valence-electron chi connectivity index (χ3n) is 6.77. The second kappa shape index (κ2) is 8.21. The van der Waals surface area contributed by atoms with Gasteiger partial charge in [0.1, 0.15) is 5.60 Å². The fourth-order valence-corrected chi connectivity index (χ4v) is 4.03. The largest absolute Gasteiger partial charge is 0.494 e. The molecule has 0 unspecified atom stereocenters. The van der Waals surface area contributed by atoms with Crippen LogP contribution >= 0.6 is 0 Å². The number of rotatable bonds is 2. The molecular formula is C28H37BN2O4. The number of carbonyl (C=O) groups is 1. The molecule has 186 valence electrons. The highest BCUT2D eigenvalue weighted by atomic mass is 16.7. The maximum atomic E-state index is 13.5. The van der Waals surface area contributed by atoms with E-state index >= 15 is 0 Å². The third-order valence-corrected chi connectivity index (χ3v) is 6.77. The number of benzene rings is 2. The van der Waals surface area contributed by atoms with E-state index in [0.29, 0.717) is 16.9 Å². The molecule has 1 aliphatic heterocycles. The molecule has 1 aliphatic rings. The quantitative estimate of drug-likeness (QED) is 0.420. The van der Waals surface area contributed by atoms with Crippen molar-refractivity contribution < 1.29 is 18.8 Å². The number of hydrogen-bond donors (Lipinski definition) is 0. The second-order valence-corrected chi connectivity index (χ2v) is 12.4. The van der Waals surface area contributed by atoms with Gasteiger partial charge in [-0.2, -0.15) is 0 Å². The lowest BCUT2D eigenvalue weighted by Crippen LogP contribution is -2.41. The SMILES string of the molecule is CC(C)(C)OC(=O)n1c(-c2cccc(C(C)(C)C)c2)nc2ccc(B3OC(C)(C)C(C)(C)O3)cc21. The molecule has 6 nitrogen and oxygen atoms in total. The third kappa shape index (κ3) is 4.89. The van der Waals surface area contributed by atoms with Gasteiger partial charge in [0, 0.05) is 5.56 Å². The fourth-order valence-electron chi connectivity index (χ4n) is 4.03. The highest BCUT2D eigenvalue weighted by Crippen LogP contribution is 2.37. The zero-order valence-corrected chi connectivity index (χ0v) is 22.6. The Bertz CT molecular complexity index is 1260. The average molecular weight is 476 g/mol. The van der Waals surface area contributed by atoms with Gasteiger partial charge in [-0.05, 0) is 83.1 Å². The minimum Gasteiger partial charge on any atom is -0.443 e. The van der Waals surface area contributed by atoms with Crippen molar-refractivity contribution >= 4 is 29.7 Å². The smallest absolute Gasteiger partial charge is 0.443 e. The van der Waals surface area contributed by atoms with E-state index in [2.05, 4.69) is 32.9 Å². The molecule has 1 saturated heterocycles. The molecule has 0 saturated carbocycles. The van der Waals surface area contributed by atoms with Crippen LogP contribution in [0.15, 0.2) is 42.5 Å². The van der Waals surface area contributed by atoms with Gasteiger partial charge in [-0.1, -0.05) is 45.0 Å². The predicted molar refractivity (Wildman–Crippen MR) is 141 cm³/mol. The van der Waals surface area contributed by atoms with Gasteiger partial charge in [-0.25, -0.2) is 14.3 Å². The number of ether oxygens (including phenoxy) is 1. The zero-order valence-electron chi connectivity index (χ0n) is 22.6. The van der Waals surface area contributed by atoms with Crippen molar-refractivity contribution in [3.8, 4) is 11.4 Å². The minimum atomic E-state index is -0.651. The van der Waals surface area contributed by atoms with Crippen molar-refractivity contribution in [2.24, 2.45) is 0 Å². The Balaban J connectivity index is 1.88. The van der Waals surface area contributed by atoms with Crippen LogP contribution in [0.3, 0.4) is 0 Å². The highest BCUT2D eigenvalue weighted by Gasteiger charge is 2.51. The van der Waals surface area contributed by atoms with Crippen LogP contribution in [-0.4, -0.2) is 39.6 Å². The van der Waals surface area contributed by atoms with E-state index < -0.39 is 30.0 Å². The molecule has 0 aliphatic carbocycles. The normalized spacial score (nSPS) is 17.7. The van der Waals surface area contributed by atoms with Crippen LogP contribution in [0.5, 0.6) is 0 Å². The van der Waals surface area contributed by atoms with E-state index in [1.165, 1.54) is 0 Å². The first-order valence-corrected chi connectivity index (χ1v) is 12.2. The van der Waals surface area contributed by atoms with Gasteiger partial charge in [-0.3, -0.25) is 0 Å². The molecule has 1 fully saturated rings. The van der Waals surface area contributed by atoms with E-state index in [4.69, 9.17) is 19.0 Å². The molecule has 35 heavy (non-hydrogen) atoms. The molecule has 0 radical (unpaired) electrons. The van der Waals surface area contributed by atoms with Gasteiger partial charge >= 0.3 is 13.2 Å². The Morgan fingerprint density at radius 1 is 0.943 bits per heavy atom. The van der Waals surface area contributed by atoms with Gasteiger partial charge in [0.05, 0.1) is 22.2 Å². The van der Waals surface area contributed by atoms with E-state index in [1.807, 2.05) is 78.8 Å². The first-order valence-electron chi connectivity index (χ1n) is 12.2. The maximum Gasteiger partial charge on any atom is 0.494 e. The van der Waals surface area contributed by atoms with Crippen LogP contribution in [0, 0.1) is 0 Å². The Morgan fingerprint density at radius 2 is 1.57 bits per heavy atom. The van der Waals surface area contributed by atoms with Crippen molar-refractivity contribution in [1.82, 2.24) is 9.55 Å². The van der Waals surface area contributed by atoms with E-state index in [9.17, 15) is 4.79 Å². The minimum absolute atomic E-state index is 0.0390. The van der Waals surface area contributed by atoms with Crippen molar-refractivity contribution in [1.29, 1.82) is 0 Å². The van der Waals surface area contributed by atoms with Crippen LogP contribution in [0.2, 0.25) is 0 Å². The highest BCUT2D eigenvalue weighted by molar-refractivity contribution is 6.62. The summed E-state index contributed by atoms with van der Waals surface area (Å²) in [4.78, 5) is 18.4. The summed E-state index contributed by atoms with van der Waals surface area (Å²) in [6.45, 7) is 20.2. The number of nitrogens with zero attached hydrogens (tertiary/aromatic N) is 2. The van der Waals surface area contributed by atoms with Gasteiger partial charge < -0.3 is 14.0 Å². The summed E-state index contributed by atoms with van der Waals surface area (Å²) in [5.41, 5.74) is 2.59. The van der Waals surface area contributed by atoms with Gasteiger partial charge in [0.2, 0.25) is 0 Å². The van der Waals surface area contributed by atoms with Crippen LogP contribution in [0.1, 0.15) is 74.8 Å². The molecule has 7 heteroatoms. The molecule has 0 N–H and O–H groups in total. The van der Waals surface area contributed by atoms with Crippen LogP contribution in [0.25, 0.3) is 22.4 Å². The van der Waals surface area contributed by atoms with Crippen molar-refractivity contribution in [2.45, 2.75) is 91.5 Å². The summed E-state index contributed by atoms with van der Waals surface area (Å²) in [5.74, 6) is 0.548. The lowest BCUT2D eigenvalue weighted by molar-refractivity contribution is 0.00578. The summed E-state index contributed by atoms with van der Waals surface area (Å²) < 4.78 is 19.9. The molecule has 1 aromatic heterocycles. The lowest BCUT2D eigenvalue weighted by atomic mass is 9.79. The molecule has 3 aromatic rings. The van der Waals surface area contributed by atoms with Gasteiger partial charge in [0.25, 0.3) is 0 Å². The van der Waals surface area contributed by atoms with Crippen LogP contribution in [0.4, 0.5) is 4.79 Å². The summed E-state index contributed by atoms with van der Waals surface area (Å²) in [7, 11) is -0.543. The van der Waals surface area contributed by atoms with Gasteiger partial charge in [0.15, 0.2) is 5.82 Å². The maximum absolute atomic E-state index is 13.5. The molecule has 0 atom stereocenters. The lowest BCUT2D eigenvalue weighted by Gasteiger charge is -2.32. The topological polar surface area (TPSA) is 62.6 Å². The standard InChI is InChI=1S/C28H37BN2O4/c1-25(2,3)19-13-11-12-18(16-19)23-30-21-15-14-20(29-34-27(7,8)28(9,10)35-29)17-22(21)31(23)24(32)33-26(4,5)6/h11-17H,1-10H3. The summed E-state index contributed by atoms with van der Waals surface area (Å²) in [6.07, 6.45) is -0.470. The number of carbonyl (C=O) groups excluding carboxylic acids is 1. The number of aromatic nitrogens is 2. The monoisotopic (exact) mass is 476 g/mol. The van der Waals surface area contributed by atoms with Crippen molar-refractivity contribution in [3.05, 3.63) is 48.0 Å². The predicted octanol–water partition coefficient (Wildman–Crippen LogP) is 6.08. The average Bonchev–Trinajstić information content (AvgIpc) is 3.19. The van der Waals surface area contributed by atoms with Crippen LogP contribution < -0.4 is 5.46 Å². The molecule has 2 aromatic carbocycles. The summed E-state index contributed by atoms with van der Waals surface area (Å²) >= 11 is 0. The van der Waals surface area contributed by atoms with Crippen molar-refractivity contribution in [3.63, 3.8) is 0 Å². The molecule has 0 bridgehead atoms. The Morgan fingerprint density at radius 3 is 2.14 bits per heavy atom. The first-order chi connectivity index (χ1) is 16.0. The Hall–Kier alpha value is -2.64. The number of imidazole rings is 1. The number of hydrogen-bond acceptors (Lipinski definition) is 5. The molecule has 2 heterocycles. The molecule has 0 spiro atoms. The Labute approximate surface area is 209 Å². The van der Waals surface area contributed by atoms with Crippen LogP contribution in [-0.2, 0) is 19.5 Å². The second-order valence-electron chi connectivity index (χ2n) is 12.4. The van der Waals surface area contributed by atoms with Crippen molar-refractivity contribution in [2.75, 3.05) is 0 Å². The van der Waals surface area contributed by atoms with Gasteiger partial charge in [-0.15, -0.1) is 0 Å². The molecular weight excluding hydrogens is 439 g/mol. The molecule has 0 amide bonds.